The minimum Gasteiger partial charge on any atom is -0.424 e. The van der Waals surface area contributed by atoms with Gasteiger partial charge in [0, 0.05) is 12.1 Å². The van der Waals surface area contributed by atoms with Gasteiger partial charge in [0.1, 0.15) is 5.75 Å². The lowest BCUT2D eigenvalue weighted by molar-refractivity contribution is 0.323. The van der Waals surface area contributed by atoms with Gasteiger partial charge in [-0.15, -0.1) is 0 Å². The van der Waals surface area contributed by atoms with Crippen molar-refractivity contribution in [3.05, 3.63) is 29.3 Å². The molecule has 5 heteroatoms. The average molecular weight is 235 g/mol. The van der Waals surface area contributed by atoms with Crippen LogP contribution in [0.25, 0.3) is 0 Å². The summed E-state index contributed by atoms with van der Waals surface area (Å²) in [7, 11) is -1.59. The van der Waals surface area contributed by atoms with Crippen LogP contribution in [-0.2, 0) is 9.09 Å². The van der Waals surface area contributed by atoms with Gasteiger partial charge in [0.2, 0.25) is 0 Å². The number of halogens is 1. The molecule has 0 saturated carbocycles. The summed E-state index contributed by atoms with van der Waals surface area (Å²) in [6.45, 7) is 1.75. The molecule has 0 bridgehead atoms. The van der Waals surface area contributed by atoms with Gasteiger partial charge in [0.05, 0.1) is 6.16 Å². The molecule has 1 aromatic rings. The van der Waals surface area contributed by atoms with Crippen LogP contribution in [0, 0.1) is 0 Å². The summed E-state index contributed by atoms with van der Waals surface area (Å²) in [6, 6.07) is 6.66. The Morgan fingerprint density at radius 2 is 1.93 bits per heavy atom. The van der Waals surface area contributed by atoms with Gasteiger partial charge in [-0.05, 0) is 24.3 Å². The van der Waals surface area contributed by atoms with Crippen LogP contribution in [0.3, 0.4) is 0 Å². The third kappa shape index (κ3) is 3.02. The van der Waals surface area contributed by atoms with Gasteiger partial charge >= 0.3 is 7.60 Å². The Bertz CT molecular complexity index is 328. The number of rotatable bonds is 4. The van der Waals surface area contributed by atoms with Crippen molar-refractivity contribution < 1.29 is 13.6 Å². The van der Waals surface area contributed by atoms with Gasteiger partial charge < -0.3 is 9.05 Å². The number of hydrogen-bond donors (Lipinski definition) is 0. The van der Waals surface area contributed by atoms with Gasteiger partial charge in [-0.3, -0.25) is 0 Å². The van der Waals surface area contributed by atoms with E-state index in [9.17, 15) is 4.57 Å². The van der Waals surface area contributed by atoms with Crippen LogP contribution in [0.4, 0.5) is 0 Å². The molecule has 78 valence electrons. The van der Waals surface area contributed by atoms with Crippen LogP contribution >= 0.6 is 19.2 Å². The lowest BCUT2D eigenvalue weighted by Gasteiger charge is -2.15. The Hall–Kier alpha value is -0.500. The maximum absolute atomic E-state index is 11.7. The van der Waals surface area contributed by atoms with Crippen molar-refractivity contribution in [2.75, 3.05) is 13.3 Å². The Kier molecular flexibility index (Phi) is 3.99. The molecule has 0 amide bonds. The molecular weight excluding hydrogens is 223 g/mol. The molecule has 0 aliphatic rings. The summed E-state index contributed by atoms with van der Waals surface area (Å²) in [5.74, 6) is 0.501. The summed E-state index contributed by atoms with van der Waals surface area (Å²) in [6.07, 6.45) is 0.339. The fraction of sp³-hybridized carbons (Fsp3) is 0.333. The van der Waals surface area contributed by atoms with E-state index in [0.717, 1.165) is 0 Å². The van der Waals surface area contributed by atoms with Crippen molar-refractivity contribution in [3.63, 3.8) is 0 Å². The first-order valence-corrected chi connectivity index (χ1v) is 6.30. The first-order chi connectivity index (χ1) is 6.59. The zero-order valence-electron chi connectivity index (χ0n) is 8.07. The number of benzene rings is 1. The standard InChI is InChI=1S/C9H12ClO3P/c1-3-14(11,12-2)13-9-6-4-8(10)5-7-9/h4-7H,3H2,1-2H3. The first kappa shape index (κ1) is 11.6. The van der Waals surface area contributed by atoms with E-state index < -0.39 is 7.60 Å². The quantitative estimate of drug-likeness (QED) is 0.747. The highest BCUT2D eigenvalue weighted by Crippen LogP contribution is 2.46. The summed E-state index contributed by atoms with van der Waals surface area (Å²) in [5, 5.41) is 0.612. The Morgan fingerprint density at radius 1 is 1.36 bits per heavy atom. The van der Waals surface area contributed by atoms with Crippen molar-refractivity contribution in [3.8, 4) is 5.75 Å². The molecule has 0 radical (unpaired) electrons. The van der Waals surface area contributed by atoms with Crippen molar-refractivity contribution >= 4 is 19.2 Å². The minimum absolute atomic E-state index is 0.339. The highest BCUT2D eigenvalue weighted by Gasteiger charge is 2.21. The highest BCUT2D eigenvalue weighted by atomic mass is 35.5. The Balaban J connectivity index is 2.78. The Morgan fingerprint density at radius 3 is 2.36 bits per heavy atom. The smallest absolute Gasteiger partial charge is 0.378 e. The van der Waals surface area contributed by atoms with Crippen molar-refractivity contribution in [2.45, 2.75) is 6.92 Å². The Labute approximate surface area is 88.5 Å². The second-order valence-corrected chi connectivity index (χ2v) is 5.49. The van der Waals surface area contributed by atoms with E-state index in [1.807, 2.05) is 0 Å². The zero-order chi connectivity index (χ0) is 10.6. The summed E-state index contributed by atoms with van der Waals surface area (Å²) in [4.78, 5) is 0. The topological polar surface area (TPSA) is 35.5 Å². The van der Waals surface area contributed by atoms with E-state index in [1.54, 1.807) is 31.2 Å². The SMILES string of the molecule is CCP(=O)(OC)Oc1ccc(Cl)cc1. The van der Waals surface area contributed by atoms with Crippen LogP contribution in [0.1, 0.15) is 6.92 Å². The molecule has 14 heavy (non-hydrogen) atoms. The molecular formula is C9H12ClO3P. The fourth-order valence-corrected chi connectivity index (χ4v) is 1.92. The van der Waals surface area contributed by atoms with E-state index >= 15 is 0 Å². The molecule has 1 atom stereocenters. The van der Waals surface area contributed by atoms with Gasteiger partial charge in [-0.1, -0.05) is 18.5 Å². The normalized spacial score (nSPS) is 14.8. The van der Waals surface area contributed by atoms with Crippen LogP contribution in [0.2, 0.25) is 5.02 Å². The third-order valence-corrected chi connectivity index (χ3v) is 3.80. The van der Waals surface area contributed by atoms with E-state index in [0.29, 0.717) is 16.9 Å². The largest absolute Gasteiger partial charge is 0.424 e. The van der Waals surface area contributed by atoms with E-state index in [4.69, 9.17) is 20.6 Å². The highest BCUT2D eigenvalue weighted by molar-refractivity contribution is 7.54. The average Bonchev–Trinajstić information content (AvgIpc) is 2.21. The van der Waals surface area contributed by atoms with Gasteiger partial charge in [0.15, 0.2) is 0 Å². The maximum atomic E-state index is 11.7. The van der Waals surface area contributed by atoms with Crippen LogP contribution in [0.15, 0.2) is 24.3 Å². The molecule has 0 N–H and O–H groups in total. The molecule has 0 aromatic heterocycles. The van der Waals surface area contributed by atoms with E-state index in [2.05, 4.69) is 0 Å². The second-order valence-electron chi connectivity index (χ2n) is 2.65. The first-order valence-electron chi connectivity index (χ1n) is 4.19. The van der Waals surface area contributed by atoms with Crippen molar-refractivity contribution in [1.29, 1.82) is 0 Å². The van der Waals surface area contributed by atoms with E-state index in [-0.39, 0.29) is 0 Å². The van der Waals surface area contributed by atoms with Crippen LogP contribution in [0.5, 0.6) is 5.75 Å². The monoisotopic (exact) mass is 234 g/mol. The fourth-order valence-electron chi connectivity index (χ4n) is 0.887. The minimum atomic E-state index is -2.96. The molecule has 0 heterocycles. The molecule has 0 aliphatic carbocycles. The number of hydrogen-bond acceptors (Lipinski definition) is 3. The summed E-state index contributed by atoms with van der Waals surface area (Å²) < 4.78 is 21.8. The van der Waals surface area contributed by atoms with E-state index in [1.165, 1.54) is 7.11 Å². The second kappa shape index (κ2) is 4.83. The molecule has 0 saturated heterocycles. The molecule has 3 nitrogen and oxygen atoms in total. The summed E-state index contributed by atoms with van der Waals surface area (Å²) >= 11 is 5.69. The molecule has 0 aliphatic heterocycles. The van der Waals surface area contributed by atoms with Crippen LogP contribution in [-0.4, -0.2) is 13.3 Å². The molecule has 1 aromatic carbocycles. The summed E-state index contributed by atoms with van der Waals surface area (Å²) in [5.41, 5.74) is 0. The predicted molar refractivity (Wildman–Crippen MR) is 57.2 cm³/mol. The maximum Gasteiger partial charge on any atom is 0.378 e. The van der Waals surface area contributed by atoms with Gasteiger partial charge in [-0.2, -0.15) is 0 Å². The van der Waals surface area contributed by atoms with Gasteiger partial charge in [-0.25, -0.2) is 4.57 Å². The predicted octanol–water partition coefficient (Wildman–Crippen LogP) is 3.58. The molecule has 0 fully saturated rings. The lowest BCUT2D eigenvalue weighted by Crippen LogP contribution is -1.97. The van der Waals surface area contributed by atoms with Gasteiger partial charge in [0.25, 0.3) is 0 Å². The van der Waals surface area contributed by atoms with Crippen molar-refractivity contribution in [2.24, 2.45) is 0 Å². The van der Waals surface area contributed by atoms with Crippen molar-refractivity contribution in [1.82, 2.24) is 0 Å². The van der Waals surface area contributed by atoms with Crippen LogP contribution < -0.4 is 4.52 Å². The third-order valence-electron chi connectivity index (χ3n) is 1.72. The zero-order valence-corrected chi connectivity index (χ0v) is 9.72. The molecule has 1 unspecified atom stereocenters. The molecule has 1 rings (SSSR count). The molecule has 0 spiro atoms. The lowest BCUT2D eigenvalue weighted by atomic mass is 10.3.